The van der Waals surface area contributed by atoms with E-state index in [-0.39, 0.29) is 0 Å². The molecule has 1 aromatic heterocycles. The van der Waals surface area contributed by atoms with Crippen molar-refractivity contribution in [3.05, 3.63) is 176 Å². The highest BCUT2D eigenvalue weighted by Gasteiger charge is 2.21. The molecule has 232 valence electrons. The SMILES string of the molecule is c1ccc(-c2nc(-c3ccccc3)nc(-c3cccc(-c4ccc5cc(-c6cc7c8c(cccc8c6)-c6ccccc6-7)ccc5c4)c3)n2)cc1. The Balaban J connectivity index is 1.02. The second kappa shape index (κ2) is 11.5. The summed E-state index contributed by atoms with van der Waals surface area (Å²) >= 11 is 0. The third-order valence-corrected chi connectivity index (χ3v) is 9.81. The van der Waals surface area contributed by atoms with Crippen molar-refractivity contribution in [2.75, 3.05) is 0 Å². The minimum atomic E-state index is 0.651. The van der Waals surface area contributed by atoms with Crippen molar-refractivity contribution >= 4 is 21.5 Å². The Hall–Kier alpha value is -6.71. The maximum atomic E-state index is 4.95. The van der Waals surface area contributed by atoms with E-state index in [0.29, 0.717) is 17.5 Å². The molecule has 1 heterocycles. The zero-order valence-electron chi connectivity index (χ0n) is 27.1. The van der Waals surface area contributed by atoms with Crippen LogP contribution in [0.25, 0.3) is 100 Å². The van der Waals surface area contributed by atoms with Crippen molar-refractivity contribution in [3.63, 3.8) is 0 Å². The van der Waals surface area contributed by atoms with Crippen LogP contribution in [0.3, 0.4) is 0 Å². The van der Waals surface area contributed by atoms with Gasteiger partial charge in [-0.2, -0.15) is 0 Å². The van der Waals surface area contributed by atoms with Crippen molar-refractivity contribution in [1.82, 2.24) is 15.0 Å². The van der Waals surface area contributed by atoms with Gasteiger partial charge in [0.25, 0.3) is 0 Å². The first-order valence-electron chi connectivity index (χ1n) is 16.9. The van der Waals surface area contributed by atoms with Gasteiger partial charge in [0.1, 0.15) is 0 Å². The van der Waals surface area contributed by atoms with Gasteiger partial charge in [-0.15, -0.1) is 0 Å². The Morgan fingerprint density at radius 1 is 0.240 bits per heavy atom. The first kappa shape index (κ1) is 28.3. The van der Waals surface area contributed by atoms with E-state index in [1.807, 2.05) is 60.7 Å². The van der Waals surface area contributed by atoms with Gasteiger partial charge >= 0.3 is 0 Å². The van der Waals surface area contributed by atoms with Crippen LogP contribution in [0, 0.1) is 0 Å². The molecule has 50 heavy (non-hydrogen) atoms. The molecule has 1 aliphatic carbocycles. The van der Waals surface area contributed by atoms with Crippen molar-refractivity contribution in [1.29, 1.82) is 0 Å². The average Bonchev–Trinajstić information content (AvgIpc) is 3.52. The number of fused-ring (bicyclic) bond motifs is 4. The van der Waals surface area contributed by atoms with Gasteiger partial charge in [0.2, 0.25) is 0 Å². The molecule has 0 radical (unpaired) electrons. The van der Waals surface area contributed by atoms with Gasteiger partial charge in [-0.05, 0) is 96.4 Å². The number of hydrogen-bond donors (Lipinski definition) is 0. The molecule has 3 nitrogen and oxygen atoms in total. The van der Waals surface area contributed by atoms with Crippen LogP contribution >= 0.6 is 0 Å². The third-order valence-electron chi connectivity index (χ3n) is 9.81. The standard InChI is InChI=1S/C47H29N3/c1-3-11-30(12-4-1)45-48-46(31-13-5-2-6-14-31)50-47(49-45)38-17-9-15-32(27-38)33-21-22-35-26-36(24-23-34(35)25-33)39-28-37-16-10-20-42-40-18-7-8-19-41(40)43(29-39)44(37)42/h1-29H. The maximum absolute atomic E-state index is 4.95. The molecule has 0 aliphatic heterocycles. The smallest absolute Gasteiger partial charge is 0.164 e. The molecule has 3 heteroatoms. The van der Waals surface area contributed by atoms with Crippen LogP contribution in [0.4, 0.5) is 0 Å². The Bertz CT molecular complexity index is 2690. The quantitative estimate of drug-likeness (QED) is 0.189. The summed E-state index contributed by atoms with van der Waals surface area (Å²) in [6, 6.07) is 62.3. The number of rotatable bonds is 5. The lowest BCUT2D eigenvalue weighted by atomic mass is 9.94. The summed E-state index contributed by atoms with van der Waals surface area (Å²) in [5, 5.41) is 5.05. The summed E-state index contributed by atoms with van der Waals surface area (Å²) in [6.07, 6.45) is 0. The Labute approximate surface area is 290 Å². The van der Waals surface area contributed by atoms with Gasteiger partial charge in [0.05, 0.1) is 0 Å². The molecule has 0 bridgehead atoms. The van der Waals surface area contributed by atoms with Gasteiger partial charge in [0.15, 0.2) is 17.5 Å². The first-order valence-corrected chi connectivity index (χ1v) is 16.9. The zero-order valence-corrected chi connectivity index (χ0v) is 27.1. The number of aromatic nitrogens is 3. The molecule has 0 saturated carbocycles. The van der Waals surface area contributed by atoms with Crippen LogP contribution in [0.1, 0.15) is 0 Å². The van der Waals surface area contributed by atoms with Gasteiger partial charge in [-0.1, -0.05) is 146 Å². The topological polar surface area (TPSA) is 38.7 Å². The van der Waals surface area contributed by atoms with Gasteiger partial charge in [-0.25, -0.2) is 15.0 Å². The summed E-state index contributed by atoms with van der Waals surface area (Å²) < 4.78 is 0. The van der Waals surface area contributed by atoms with E-state index in [1.165, 1.54) is 54.9 Å². The normalized spacial score (nSPS) is 11.6. The van der Waals surface area contributed by atoms with Crippen LogP contribution in [0.2, 0.25) is 0 Å². The fourth-order valence-electron chi connectivity index (χ4n) is 7.36. The minimum absolute atomic E-state index is 0.651. The highest BCUT2D eigenvalue weighted by Crippen LogP contribution is 2.48. The molecule has 0 fully saturated rings. The molecule has 8 aromatic carbocycles. The zero-order chi connectivity index (χ0) is 33.0. The Morgan fingerprint density at radius 3 is 1.36 bits per heavy atom. The molecule has 0 spiro atoms. The third kappa shape index (κ3) is 4.79. The molecule has 0 N–H and O–H groups in total. The Morgan fingerprint density at radius 2 is 0.700 bits per heavy atom. The molecular weight excluding hydrogens is 607 g/mol. The van der Waals surface area contributed by atoms with Gasteiger partial charge in [0, 0.05) is 16.7 Å². The molecule has 10 rings (SSSR count). The van der Waals surface area contributed by atoms with Crippen molar-refractivity contribution in [2.24, 2.45) is 0 Å². The van der Waals surface area contributed by atoms with Crippen LogP contribution in [0.5, 0.6) is 0 Å². The molecule has 0 saturated heterocycles. The van der Waals surface area contributed by atoms with E-state index < -0.39 is 0 Å². The fraction of sp³-hybridized carbons (Fsp3) is 0. The van der Waals surface area contributed by atoms with Crippen molar-refractivity contribution in [2.45, 2.75) is 0 Å². The summed E-state index contributed by atoms with van der Waals surface area (Å²) in [5.41, 5.74) is 12.9. The van der Waals surface area contributed by atoms with Gasteiger partial charge in [-0.3, -0.25) is 0 Å². The molecule has 0 unspecified atom stereocenters. The minimum Gasteiger partial charge on any atom is -0.208 e. The van der Waals surface area contributed by atoms with Crippen molar-refractivity contribution < 1.29 is 0 Å². The number of hydrogen-bond acceptors (Lipinski definition) is 3. The largest absolute Gasteiger partial charge is 0.208 e. The van der Waals surface area contributed by atoms with Crippen LogP contribution in [0.15, 0.2) is 176 Å². The molecular formula is C47H29N3. The molecule has 0 atom stereocenters. The second-order valence-corrected chi connectivity index (χ2v) is 12.9. The van der Waals surface area contributed by atoms with E-state index in [0.717, 1.165) is 27.8 Å². The lowest BCUT2D eigenvalue weighted by molar-refractivity contribution is 1.07. The predicted octanol–water partition coefficient (Wildman–Crippen LogP) is 12.2. The van der Waals surface area contributed by atoms with Crippen molar-refractivity contribution in [3.8, 4) is 78.7 Å². The van der Waals surface area contributed by atoms with E-state index in [9.17, 15) is 0 Å². The van der Waals surface area contributed by atoms with E-state index in [4.69, 9.17) is 15.0 Å². The van der Waals surface area contributed by atoms with E-state index in [1.54, 1.807) is 0 Å². The summed E-state index contributed by atoms with van der Waals surface area (Å²) in [5.74, 6) is 1.97. The monoisotopic (exact) mass is 635 g/mol. The van der Waals surface area contributed by atoms with Crippen LogP contribution in [-0.2, 0) is 0 Å². The summed E-state index contributed by atoms with van der Waals surface area (Å²) in [4.78, 5) is 14.8. The Kier molecular flexibility index (Phi) is 6.49. The highest BCUT2D eigenvalue weighted by atomic mass is 15.0. The predicted molar refractivity (Wildman–Crippen MR) is 206 cm³/mol. The maximum Gasteiger partial charge on any atom is 0.164 e. The fourth-order valence-corrected chi connectivity index (χ4v) is 7.36. The average molecular weight is 636 g/mol. The number of benzene rings is 8. The molecule has 9 aromatic rings. The summed E-state index contributed by atoms with van der Waals surface area (Å²) in [6.45, 7) is 0. The lowest BCUT2D eigenvalue weighted by Gasteiger charge is -2.11. The summed E-state index contributed by atoms with van der Waals surface area (Å²) in [7, 11) is 0. The van der Waals surface area contributed by atoms with Crippen LogP contribution < -0.4 is 0 Å². The van der Waals surface area contributed by atoms with E-state index in [2.05, 4.69) is 115 Å². The lowest BCUT2D eigenvalue weighted by Crippen LogP contribution is -2.00. The molecule has 1 aliphatic rings. The second-order valence-electron chi connectivity index (χ2n) is 12.9. The van der Waals surface area contributed by atoms with Crippen LogP contribution in [-0.4, -0.2) is 15.0 Å². The van der Waals surface area contributed by atoms with E-state index >= 15 is 0 Å². The highest BCUT2D eigenvalue weighted by molar-refractivity contribution is 6.16. The van der Waals surface area contributed by atoms with Gasteiger partial charge < -0.3 is 0 Å². The first-order chi connectivity index (χ1) is 24.7. The molecule has 0 amide bonds. The number of nitrogens with zero attached hydrogens (tertiary/aromatic N) is 3.